The fourth-order valence-electron chi connectivity index (χ4n) is 4.11. The molecular weight excluding hydrogens is 464 g/mol. The number of nitrogens with one attached hydrogen (secondary N) is 1. The average molecular weight is 491 g/mol. The van der Waals surface area contributed by atoms with Crippen molar-refractivity contribution >= 4 is 6.09 Å². The van der Waals surface area contributed by atoms with Gasteiger partial charge >= 0.3 is 12.2 Å². The van der Waals surface area contributed by atoms with E-state index in [-0.39, 0.29) is 29.5 Å². The van der Waals surface area contributed by atoms with Crippen LogP contribution in [-0.2, 0) is 5.41 Å². The van der Waals surface area contributed by atoms with Gasteiger partial charge in [0.05, 0.1) is 0 Å². The number of hydrogen-bond donors (Lipinski definition) is 2. The smallest absolute Gasteiger partial charge is 0.404 e. The summed E-state index contributed by atoms with van der Waals surface area (Å²) in [6.07, 6.45) is 1.89. The predicted octanol–water partition coefficient (Wildman–Crippen LogP) is 5.33. The van der Waals surface area contributed by atoms with Gasteiger partial charge < -0.3 is 28.7 Å². The molecule has 2 N–H and O–H groups in total. The van der Waals surface area contributed by atoms with Gasteiger partial charge in [0.1, 0.15) is 23.9 Å². The molecule has 10 heteroatoms. The second-order valence-corrected chi connectivity index (χ2v) is 9.26. The van der Waals surface area contributed by atoms with Gasteiger partial charge in [-0.2, -0.15) is 4.98 Å². The van der Waals surface area contributed by atoms with E-state index in [1.807, 2.05) is 36.4 Å². The Hall–Kier alpha value is -4.34. The number of carboxylic acid groups (broad SMARTS) is 1. The molecule has 10 nitrogen and oxygen atoms in total. The maximum atomic E-state index is 10.7. The Morgan fingerprint density at radius 1 is 1.03 bits per heavy atom. The highest BCUT2D eigenvalue weighted by Gasteiger charge is 2.32. The molecule has 1 fully saturated rings. The molecule has 0 saturated heterocycles. The van der Waals surface area contributed by atoms with E-state index in [4.69, 9.17) is 23.4 Å². The van der Waals surface area contributed by atoms with Gasteiger partial charge in [-0.25, -0.2) is 4.79 Å². The fourth-order valence-corrected chi connectivity index (χ4v) is 4.11. The highest BCUT2D eigenvalue weighted by atomic mass is 16.6. The van der Waals surface area contributed by atoms with Gasteiger partial charge in [-0.15, -0.1) is 10.2 Å². The van der Waals surface area contributed by atoms with Crippen LogP contribution in [0.3, 0.4) is 0 Å². The molecule has 0 unspecified atom stereocenters. The zero-order chi connectivity index (χ0) is 25.3. The molecule has 0 spiro atoms. The lowest BCUT2D eigenvalue weighted by Crippen LogP contribution is -2.48. The van der Waals surface area contributed by atoms with Crippen molar-refractivity contribution < 1.29 is 28.2 Å². The first-order chi connectivity index (χ1) is 17.3. The van der Waals surface area contributed by atoms with E-state index in [0.717, 1.165) is 16.9 Å². The number of ether oxygens (including phenoxy) is 2. The maximum absolute atomic E-state index is 10.7. The minimum atomic E-state index is -0.994. The largest absolute Gasteiger partial charge is 0.490 e. The predicted molar refractivity (Wildman–Crippen MR) is 128 cm³/mol. The van der Waals surface area contributed by atoms with Crippen LogP contribution in [0.4, 0.5) is 4.79 Å². The highest BCUT2D eigenvalue weighted by molar-refractivity contribution is 5.65. The van der Waals surface area contributed by atoms with E-state index in [0.29, 0.717) is 30.2 Å². The first kappa shape index (κ1) is 23.4. The Labute approximate surface area is 207 Å². The van der Waals surface area contributed by atoms with Crippen molar-refractivity contribution in [2.75, 3.05) is 0 Å². The molecule has 36 heavy (non-hydrogen) atoms. The molecule has 186 valence electrons. The third kappa shape index (κ3) is 5.02. The second-order valence-electron chi connectivity index (χ2n) is 9.26. The third-order valence-corrected chi connectivity index (χ3v) is 6.31. The van der Waals surface area contributed by atoms with Gasteiger partial charge in [-0.1, -0.05) is 38.1 Å². The quantitative estimate of drug-likeness (QED) is 0.336. The summed E-state index contributed by atoms with van der Waals surface area (Å²) >= 11 is 0. The van der Waals surface area contributed by atoms with Gasteiger partial charge in [-0.05, 0) is 35.4 Å². The lowest BCUT2D eigenvalue weighted by molar-refractivity contribution is 0.0833. The lowest BCUT2D eigenvalue weighted by Gasteiger charge is -2.35. The molecule has 5 rings (SSSR count). The summed E-state index contributed by atoms with van der Waals surface area (Å²) in [4.78, 5) is 14.9. The molecule has 2 aromatic heterocycles. The zero-order valence-electron chi connectivity index (χ0n) is 20.1. The van der Waals surface area contributed by atoms with Crippen molar-refractivity contribution in [3.05, 3.63) is 71.8 Å². The van der Waals surface area contributed by atoms with Gasteiger partial charge in [0.15, 0.2) is 5.69 Å². The number of hydrogen-bond acceptors (Lipinski definition) is 8. The molecule has 0 atom stereocenters. The number of rotatable bonds is 8. The molecular formula is C26H26N4O6. The summed E-state index contributed by atoms with van der Waals surface area (Å²) in [5, 5.41) is 19.0. The Morgan fingerprint density at radius 2 is 1.67 bits per heavy atom. The van der Waals surface area contributed by atoms with E-state index in [1.165, 1.54) is 6.26 Å². The lowest BCUT2D eigenvalue weighted by atomic mass is 9.78. The number of oxazole rings is 1. The number of amides is 1. The second kappa shape index (κ2) is 9.37. The Balaban J connectivity index is 1.20. The monoisotopic (exact) mass is 490 g/mol. The molecule has 1 amide bonds. The first-order valence-electron chi connectivity index (χ1n) is 11.6. The van der Waals surface area contributed by atoms with Gasteiger partial charge in [0, 0.05) is 31.2 Å². The molecule has 0 bridgehead atoms. The van der Waals surface area contributed by atoms with Gasteiger partial charge in [0.25, 0.3) is 5.89 Å². The molecule has 1 saturated carbocycles. The van der Waals surface area contributed by atoms with Crippen LogP contribution >= 0.6 is 0 Å². The van der Waals surface area contributed by atoms with Crippen LogP contribution in [0.15, 0.2) is 63.6 Å². The van der Waals surface area contributed by atoms with Crippen molar-refractivity contribution in [2.45, 2.75) is 51.2 Å². The number of nitrogens with zero attached hydrogens (tertiary/aromatic N) is 3. The van der Waals surface area contributed by atoms with Crippen LogP contribution in [-0.4, -0.2) is 38.5 Å². The Kier molecular flexibility index (Phi) is 6.09. The van der Waals surface area contributed by atoms with E-state index in [9.17, 15) is 4.79 Å². The van der Waals surface area contributed by atoms with Crippen LogP contribution in [0.25, 0.3) is 11.6 Å². The van der Waals surface area contributed by atoms with Crippen molar-refractivity contribution in [1.29, 1.82) is 0 Å². The minimum absolute atomic E-state index is 0.0298. The summed E-state index contributed by atoms with van der Waals surface area (Å²) in [6, 6.07) is 15.7. The van der Waals surface area contributed by atoms with Crippen molar-refractivity contribution in [2.24, 2.45) is 0 Å². The van der Waals surface area contributed by atoms with E-state index >= 15 is 0 Å². The molecule has 0 radical (unpaired) electrons. The summed E-state index contributed by atoms with van der Waals surface area (Å²) < 4.78 is 22.4. The van der Waals surface area contributed by atoms with Crippen LogP contribution in [0, 0.1) is 6.92 Å². The minimum Gasteiger partial charge on any atom is -0.490 e. The summed E-state index contributed by atoms with van der Waals surface area (Å²) in [5.74, 6) is 2.08. The standard InChI is InChI=1S/C26H26N4O6/c1-15-29-30-23(34-15)22-14-33-25(28-22)36-20-10-6-17(7-11-20)26(2,3)16-4-8-19(9-5-16)35-21-12-18(13-21)27-24(31)32/h4-11,14,18,21,27H,12-13H2,1-3H3,(H,31,32). The number of carbonyl (C=O) groups is 1. The zero-order valence-corrected chi connectivity index (χ0v) is 20.1. The summed E-state index contributed by atoms with van der Waals surface area (Å²) in [6.45, 7) is 6.01. The van der Waals surface area contributed by atoms with Crippen LogP contribution < -0.4 is 14.8 Å². The van der Waals surface area contributed by atoms with E-state index in [2.05, 4.69) is 46.5 Å². The van der Waals surface area contributed by atoms with Crippen molar-refractivity contribution in [1.82, 2.24) is 20.5 Å². The summed E-state index contributed by atoms with van der Waals surface area (Å²) in [5.41, 5.74) is 2.40. The highest BCUT2D eigenvalue weighted by Crippen LogP contribution is 2.35. The van der Waals surface area contributed by atoms with E-state index in [1.54, 1.807) is 6.92 Å². The molecule has 4 aromatic rings. The van der Waals surface area contributed by atoms with Gasteiger partial charge in [-0.3, -0.25) is 0 Å². The Bertz CT molecular complexity index is 1340. The van der Waals surface area contributed by atoms with Crippen LogP contribution in [0.2, 0.25) is 0 Å². The first-order valence-corrected chi connectivity index (χ1v) is 11.6. The number of aryl methyl sites for hydroxylation is 1. The molecule has 2 aromatic carbocycles. The number of benzene rings is 2. The maximum Gasteiger partial charge on any atom is 0.404 e. The molecule has 2 heterocycles. The van der Waals surface area contributed by atoms with Crippen LogP contribution in [0.5, 0.6) is 17.6 Å². The molecule has 1 aliphatic carbocycles. The fraction of sp³-hybridized carbons (Fsp3) is 0.308. The van der Waals surface area contributed by atoms with E-state index < -0.39 is 6.09 Å². The molecule has 0 aliphatic heterocycles. The van der Waals surface area contributed by atoms with Crippen molar-refractivity contribution in [3.8, 4) is 29.2 Å². The normalized spacial score (nSPS) is 17.3. The summed E-state index contributed by atoms with van der Waals surface area (Å²) in [7, 11) is 0. The topological polar surface area (TPSA) is 133 Å². The average Bonchev–Trinajstić information content (AvgIpc) is 3.47. The van der Waals surface area contributed by atoms with Gasteiger partial charge in [0.2, 0.25) is 5.89 Å². The molecule has 1 aliphatic rings. The Morgan fingerprint density at radius 3 is 2.25 bits per heavy atom. The van der Waals surface area contributed by atoms with Crippen LogP contribution in [0.1, 0.15) is 43.7 Å². The number of aromatic nitrogens is 3. The third-order valence-electron chi connectivity index (χ3n) is 6.31. The van der Waals surface area contributed by atoms with Crippen molar-refractivity contribution in [3.63, 3.8) is 0 Å². The SMILES string of the molecule is Cc1nnc(-c2coc(Oc3ccc(C(C)(C)c4ccc(OC5CC(NC(=O)O)C5)cc4)cc3)n2)o1.